The molecule has 4 unspecified atom stereocenters. The summed E-state index contributed by atoms with van der Waals surface area (Å²) in [5, 5.41) is 10.4. The Morgan fingerprint density at radius 3 is 2.18 bits per heavy atom. The summed E-state index contributed by atoms with van der Waals surface area (Å²) in [6.45, 7) is 15.7. The minimum atomic E-state index is -1.17. The Morgan fingerprint density at radius 1 is 0.840 bits per heavy atom. The molecule has 0 bridgehead atoms. The molecule has 3 aromatic carbocycles. The number of likely N-dealkylation sites (N-methyl/N-ethyl adjacent to an activating group) is 2. The summed E-state index contributed by atoms with van der Waals surface area (Å²) in [5.41, 5.74) is -0.469. The molecule has 12 heteroatoms. The Morgan fingerprint density at radius 2 is 1.52 bits per heavy atom. The second-order valence-electron chi connectivity index (χ2n) is 12.7. The van der Waals surface area contributed by atoms with E-state index in [9.17, 15) is 13.2 Å². The first kappa shape index (κ1) is 39.7. The third-order valence-corrected chi connectivity index (χ3v) is 9.88. The smallest absolute Gasteiger partial charge is 0.147 e. The van der Waals surface area contributed by atoms with Crippen LogP contribution in [0, 0.1) is 35.2 Å². The number of ether oxygens (including phenoxy) is 1. The van der Waals surface area contributed by atoms with Crippen molar-refractivity contribution in [3.8, 4) is 0 Å². The molecular formula is C38H52F5N6O. The number of morpholine rings is 1. The Hall–Kier alpha value is -3.13. The van der Waals surface area contributed by atoms with Crippen molar-refractivity contribution in [3.05, 3.63) is 101 Å². The molecule has 0 aliphatic carbocycles. The number of nitrogens with one attached hydrogen (secondary N) is 3. The van der Waals surface area contributed by atoms with Crippen molar-refractivity contribution in [3.63, 3.8) is 0 Å². The lowest BCUT2D eigenvalue weighted by Gasteiger charge is -2.48. The standard InChI is InChI=1S/C38H52F5N6O/c1-6-47(7-2)27(5)24-44-37(32-22-30(40)13-15-33(32)42)36(48(8-3)9-4)25-46-38(49-17-19-50-20-18-49,28-11-10-12-29(39)21-28)26-45-35-23-31(41)14-16-34(35)43/h10-13,15-16,21-23,27,36-37,44-46H,6-9,17-20,24-26H2,1-5H3. The van der Waals surface area contributed by atoms with Crippen LogP contribution in [0.5, 0.6) is 0 Å². The van der Waals surface area contributed by atoms with Gasteiger partial charge in [-0.2, -0.15) is 0 Å². The van der Waals surface area contributed by atoms with Crippen LogP contribution in [-0.2, 0) is 10.4 Å². The van der Waals surface area contributed by atoms with E-state index in [-0.39, 0.29) is 30.4 Å². The van der Waals surface area contributed by atoms with Gasteiger partial charge >= 0.3 is 0 Å². The van der Waals surface area contributed by atoms with E-state index in [4.69, 9.17) is 4.74 Å². The van der Waals surface area contributed by atoms with Gasteiger partial charge in [0, 0.05) is 56.0 Å². The number of halogens is 5. The lowest BCUT2D eigenvalue weighted by Crippen LogP contribution is -2.65. The normalized spacial score (nSPS) is 17.1. The van der Waals surface area contributed by atoms with E-state index in [0.717, 1.165) is 37.4 Å². The predicted molar refractivity (Wildman–Crippen MR) is 188 cm³/mol. The van der Waals surface area contributed by atoms with E-state index in [2.05, 4.69) is 57.5 Å². The molecule has 1 aliphatic heterocycles. The van der Waals surface area contributed by atoms with Crippen LogP contribution in [0.25, 0.3) is 0 Å². The molecule has 1 heterocycles. The second-order valence-corrected chi connectivity index (χ2v) is 12.7. The first-order valence-corrected chi connectivity index (χ1v) is 17.7. The average molecular weight is 704 g/mol. The Kier molecular flexibility index (Phi) is 15.0. The largest absolute Gasteiger partial charge is 0.379 e. The maximum atomic E-state index is 15.7. The first-order chi connectivity index (χ1) is 24.1. The number of nitrogens with zero attached hydrogens (tertiary/aromatic N) is 3. The molecule has 0 saturated carbocycles. The molecule has 0 aromatic heterocycles. The third-order valence-electron chi connectivity index (χ3n) is 9.88. The molecule has 0 amide bonds. The van der Waals surface area contributed by atoms with Crippen LogP contribution in [0.15, 0.2) is 54.6 Å². The topological polar surface area (TPSA) is 55.0 Å². The fourth-order valence-corrected chi connectivity index (χ4v) is 7.07. The predicted octanol–water partition coefficient (Wildman–Crippen LogP) is 6.14. The van der Waals surface area contributed by atoms with Gasteiger partial charge in [0.25, 0.3) is 0 Å². The summed E-state index contributed by atoms with van der Waals surface area (Å²) < 4.78 is 80.4. The zero-order chi connectivity index (χ0) is 36.3. The van der Waals surface area contributed by atoms with Gasteiger partial charge in [0.2, 0.25) is 0 Å². The monoisotopic (exact) mass is 703 g/mol. The average Bonchev–Trinajstić information content (AvgIpc) is 3.12. The van der Waals surface area contributed by atoms with E-state index in [1.165, 1.54) is 18.2 Å². The molecule has 1 saturated heterocycles. The van der Waals surface area contributed by atoms with E-state index < -0.39 is 46.8 Å². The molecule has 1 fully saturated rings. The van der Waals surface area contributed by atoms with Gasteiger partial charge in [-0.1, -0.05) is 39.8 Å². The van der Waals surface area contributed by atoms with Crippen molar-refractivity contribution in [1.82, 2.24) is 25.3 Å². The van der Waals surface area contributed by atoms with Gasteiger partial charge in [-0.25, -0.2) is 22.0 Å². The van der Waals surface area contributed by atoms with Crippen molar-refractivity contribution in [2.45, 2.75) is 58.4 Å². The molecule has 4 atom stereocenters. The maximum Gasteiger partial charge on any atom is 0.147 e. The van der Waals surface area contributed by atoms with Gasteiger partial charge in [0.05, 0.1) is 31.5 Å². The summed E-state index contributed by atoms with van der Waals surface area (Å²) in [7, 11) is 0. The van der Waals surface area contributed by atoms with Gasteiger partial charge in [-0.3, -0.25) is 20.0 Å². The Labute approximate surface area is 294 Å². The van der Waals surface area contributed by atoms with Crippen molar-refractivity contribution in [2.24, 2.45) is 0 Å². The van der Waals surface area contributed by atoms with Crippen molar-refractivity contribution >= 4 is 5.69 Å². The van der Waals surface area contributed by atoms with E-state index >= 15 is 8.78 Å². The highest BCUT2D eigenvalue weighted by molar-refractivity contribution is 5.46. The minimum absolute atomic E-state index is 0.00715. The van der Waals surface area contributed by atoms with Crippen molar-refractivity contribution in [1.29, 1.82) is 0 Å². The Bertz CT molecular complexity index is 1490. The molecule has 3 aromatic rings. The lowest BCUT2D eigenvalue weighted by molar-refractivity contribution is -0.0382. The molecule has 50 heavy (non-hydrogen) atoms. The highest BCUT2D eigenvalue weighted by Crippen LogP contribution is 2.32. The Balaban J connectivity index is 1.82. The zero-order valence-corrected chi connectivity index (χ0v) is 29.8. The summed E-state index contributed by atoms with van der Waals surface area (Å²) in [6, 6.07) is 12.9. The summed E-state index contributed by atoms with van der Waals surface area (Å²) in [6.07, 6.45) is 0. The fourth-order valence-electron chi connectivity index (χ4n) is 7.07. The van der Waals surface area contributed by atoms with Gasteiger partial charge in [-0.15, -0.1) is 0 Å². The molecule has 4 rings (SSSR count). The van der Waals surface area contributed by atoms with Gasteiger partial charge in [0.15, 0.2) is 0 Å². The SMILES string of the molecule is CCN(CC)C(C)CNC(c1cc(F)ccc1F)C(CNC(CNc1cc(F)[c]cc1F)(c1cccc(F)c1)N1CCOCC1)N(CC)CC. The highest BCUT2D eigenvalue weighted by Gasteiger charge is 2.42. The molecule has 1 radical (unpaired) electrons. The van der Waals surface area contributed by atoms with Crippen LogP contribution < -0.4 is 16.0 Å². The number of anilines is 1. The van der Waals surface area contributed by atoms with E-state index in [0.29, 0.717) is 51.5 Å². The van der Waals surface area contributed by atoms with Crippen LogP contribution in [0.4, 0.5) is 27.6 Å². The van der Waals surface area contributed by atoms with Crippen LogP contribution >= 0.6 is 0 Å². The second kappa shape index (κ2) is 18.9. The minimum Gasteiger partial charge on any atom is -0.379 e. The molecular weight excluding hydrogens is 651 g/mol. The van der Waals surface area contributed by atoms with Crippen LogP contribution in [0.1, 0.15) is 51.8 Å². The lowest BCUT2D eigenvalue weighted by atomic mass is 9.92. The number of hydrogen-bond acceptors (Lipinski definition) is 7. The van der Waals surface area contributed by atoms with Crippen LogP contribution in [0.2, 0.25) is 0 Å². The molecule has 0 spiro atoms. The number of rotatable bonds is 19. The molecule has 275 valence electrons. The fraction of sp³-hybridized carbons (Fsp3) is 0.526. The third kappa shape index (κ3) is 9.80. The number of hydrogen-bond donors (Lipinski definition) is 3. The highest BCUT2D eigenvalue weighted by atomic mass is 19.1. The van der Waals surface area contributed by atoms with Crippen molar-refractivity contribution in [2.75, 3.05) is 77.4 Å². The summed E-state index contributed by atoms with van der Waals surface area (Å²) >= 11 is 0. The quantitative estimate of drug-likeness (QED) is 0.130. The van der Waals surface area contributed by atoms with Crippen LogP contribution in [-0.4, -0.2) is 98.9 Å². The van der Waals surface area contributed by atoms with Gasteiger partial charge < -0.3 is 15.4 Å². The summed E-state index contributed by atoms with van der Waals surface area (Å²) in [4.78, 5) is 6.58. The molecule has 1 aliphatic rings. The molecule has 7 nitrogen and oxygen atoms in total. The first-order valence-electron chi connectivity index (χ1n) is 17.7. The van der Waals surface area contributed by atoms with E-state index in [1.54, 1.807) is 12.1 Å². The van der Waals surface area contributed by atoms with E-state index in [1.807, 2.05) is 13.8 Å². The van der Waals surface area contributed by atoms with Gasteiger partial charge in [0.1, 0.15) is 34.7 Å². The summed E-state index contributed by atoms with van der Waals surface area (Å²) in [5.74, 6) is -2.94. The zero-order valence-electron chi connectivity index (χ0n) is 29.8. The maximum absolute atomic E-state index is 15.7. The van der Waals surface area contributed by atoms with Gasteiger partial charge in [-0.05, 0) is 75.1 Å². The van der Waals surface area contributed by atoms with Crippen LogP contribution in [0.3, 0.4) is 0 Å². The molecule has 3 N–H and O–H groups in total. The number of benzene rings is 3. The van der Waals surface area contributed by atoms with Crippen molar-refractivity contribution < 1.29 is 26.7 Å².